The standard InChI is InChI=1S/C7H11ClN2S/c1-6(11-2)5-10-7(8)3-4-9/h3-5H,9H2,1-2H3/b4-3-,6-5+,10-7+. The van der Waals surface area contributed by atoms with E-state index >= 15 is 0 Å². The second kappa shape index (κ2) is 6.31. The van der Waals surface area contributed by atoms with E-state index < -0.39 is 0 Å². The van der Waals surface area contributed by atoms with Crippen molar-refractivity contribution in [3.63, 3.8) is 0 Å². The molecule has 0 fully saturated rings. The number of thioether (sulfide) groups is 1. The lowest BCUT2D eigenvalue weighted by Crippen LogP contribution is -1.82. The average Bonchev–Trinajstić information content (AvgIpc) is 2.01. The molecule has 0 heterocycles. The molecule has 0 saturated heterocycles. The first-order valence-electron chi connectivity index (χ1n) is 3.03. The molecule has 0 radical (unpaired) electrons. The Morgan fingerprint density at radius 1 is 1.64 bits per heavy atom. The monoisotopic (exact) mass is 190 g/mol. The van der Waals surface area contributed by atoms with Crippen LogP contribution in [0.25, 0.3) is 0 Å². The number of halogens is 1. The molecule has 0 amide bonds. The Hall–Kier alpha value is -0.410. The Morgan fingerprint density at radius 3 is 2.73 bits per heavy atom. The lowest BCUT2D eigenvalue weighted by atomic mass is 10.6. The van der Waals surface area contributed by atoms with Crippen LogP contribution in [0, 0.1) is 0 Å². The van der Waals surface area contributed by atoms with E-state index in [0.29, 0.717) is 5.17 Å². The van der Waals surface area contributed by atoms with E-state index in [1.165, 1.54) is 12.3 Å². The summed E-state index contributed by atoms with van der Waals surface area (Å²) in [7, 11) is 0. The van der Waals surface area contributed by atoms with E-state index in [1.807, 2.05) is 13.2 Å². The van der Waals surface area contributed by atoms with Gasteiger partial charge in [0.15, 0.2) is 0 Å². The lowest BCUT2D eigenvalue weighted by molar-refractivity contribution is 1.51. The zero-order valence-corrected chi connectivity index (χ0v) is 8.12. The van der Waals surface area contributed by atoms with E-state index in [4.69, 9.17) is 17.3 Å². The molecule has 0 aliphatic carbocycles. The minimum Gasteiger partial charge on any atom is -0.405 e. The summed E-state index contributed by atoms with van der Waals surface area (Å²) < 4.78 is 0. The van der Waals surface area contributed by atoms with E-state index in [-0.39, 0.29) is 0 Å². The van der Waals surface area contributed by atoms with Crippen molar-refractivity contribution in [2.45, 2.75) is 6.92 Å². The van der Waals surface area contributed by atoms with Crippen molar-refractivity contribution in [2.75, 3.05) is 6.26 Å². The summed E-state index contributed by atoms with van der Waals surface area (Å²) >= 11 is 7.24. The van der Waals surface area contributed by atoms with Gasteiger partial charge in [0, 0.05) is 6.20 Å². The summed E-state index contributed by atoms with van der Waals surface area (Å²) in [5.41, 5.74) is 5.10. The molecule has 0 aliphatic heterocycles. The third kappa shape index (κ3) is 6.01. The number of aliphatic imine (C=N–C) groups is 1. The van der Waals surface area contributed by atoms with E-state index in [0.717, 1.165) is 4.91 Å². The molecule has 0 aliphatic rings. The molecule has 11 heavy (non-hydrogen) atoms. The summed E-state index contributed by atoms with van der Waals surface area (Å²) in [6.45, 7) is 1.96. The zero-order valence-electron chi connectivity index (χ0n) is 6.54. The van der Waals surface area contributed by atoms with Gasteiger partial charge in [-0.15, -0.1) is 11.8 Å². The van der Waals surface area contributed by atoms with Gasteiger partial charge in [-0.1, -0.05) is 11.6 Å². The van der Waals surface area contributed by atoms with Crippen LogP contribution in [0.15, 0.2) is 28.4 Å². The highest BCUT2D eigenvalue weighted by molar-refractivity contribution is 8.02. The fourth-order valence-corrected chi connectivity index (χ4v) is 0.607. The fourth-order valence-electron chi connectivity index (χ4n) is 0.328. The predicted molar refractivity (Wildman–Crippen MR) is 53.9 cm³/mol. The molecule has 2 N–H and O–H groups in total. The fraction of sp³-hybridized carbons (Fsp3) is 0.286. The largest absolute Gasteiger partial charge is 0.405 e. The van der Waals surface area contributed by atoms with E-state index in [1.54, 1.807) is 18.0 Å². The van der Waals surface area contributed by atoms with Gasteiger partial charge in [-0.2, -0.15) is 0 Å². The Bertz CT molecular complexity index is 197. The van der Waals surface area contributed by atoms with Crippen LogP contribution in [-0.4, -0.2) is 11.4 Å². The van der Waals surface area contributed by atoms with Crippen molar-refractivity contribution < 1.29 is 0 Å². The second-order valence-electron chi connectivity index (χ2n) is 1.75. The zero-order chi connectivity index (χ0) is 8.69. The molecule has 62 valence electrons. The third-order valence-corrected chi connectivity index (χ3v) is 1.90. The molecular formula is C7H11ClN2S. The Labute approximate surface area is 76.2 Å². The maximum absolute atomic E-state index is 5.61. The molecule has 0 aromatic rings. The van der Waals surface area contributed by atoms with Crippen LogP contribution in [0.1, 0.15) is 6.92 Å². The first kappa shape index (κ1) is 10.6. The van der Waals surface area contributed by atoms with Crippen LogP contribution in [0.4, 0.5) is 0 Å². The van der Waals surface area contributed by atoms with Gasteiger partial charge in [-0.25, -0.2) is 4.99 Å². The summed E-state index contributed by atoms with van der Waals surface area (Å²) in [4.78, 5) is 5.02. The SMILES string of the molecule is CS/C(C)=C/N=C(Cl)\C=C/N. The number of hydrogen-bond donors (Lipinski definition) is 1. The minimum absolute atomic E-state index is 0.390. The van der Waals surface area contributed by atoms with Crippen molar-refractivity contribution in [3.05, 3.63) is 23.4 Å². The van der Waals surface area contributed by atoms with Crippen molar-refractivity contribution in [3.8, 4) is 0 Å². The van der Waals surface area contributed by atoms with Crippen LogP contribution in [-0.2, 0) is 0 Å². The maximum atomic E-state index is 5.61. The molecule has 0 saturated carbocycles. The highest BCUT2D eigenvalue weighted by atomic mass is 35.5. The van der Waals surface area contributed by atoms with Gasteiger partial charge < -0.3 is 5.73 Å². The molecule has 2 nitrogen and oxygen atoms in total. The van der Waals surface area contributed by atoms with E-state index in [9.17, 15) is 0 Å². The Kier molecular flexibility index (Phi) is 6.07. The normalized spacial score (nSPS) is 14.5. The van der Waals surface area contributed by atoms with Gasteiger partial charge in [-0.05, 0) is 30.4 Å². The third-order valence-electron chi connectivity index (χ3n) is 0.925. The molecule has 0 unspecified atom stereocenters. The van der Waals surface area contributed by atoms with Gasteiger partial charge in [0.25, 0.3) is 0 Å². The van der Waals surface area contributed by atoms with Crippen LogP contribution < -0.4 is 5.73 Å². The van der Waals surface area contributed by atoms with Gasteiger partial charge in [0.05, 0.1) is 0 Å². The molecule has 0 bridgehead atoms. The molecular weight excluding hydrogens is 180 g/mol. The quantitative estimate of drug-likeness (QED) is 0.694. The predicted octanol–water partition coefficient (Wildman–Crippen LogP) is 2.32. The van der Waals surface area contributed by atoms with Gasteiger partial charge in [0.2, 0.25) is 0 Å². The highest BCUT2D eigenvalue weighted by Gasteiger charge is 1.84. The van der Waals surface area contributed by atoms with Crippen LogP contribution in [0.2, 0.25) is 0 Å². The van der Waals surface area contributed by atoms with Gasteiger partial charge >= 0.3 is 0 Å². The first-order valence-corrected chi connectivity index (χ1v) is 4.63. The maximum Gasteiger partial charge on any atom is 0.130 e. The number of rotatable bonds is 3. The van der Waals surface area contributed by atoms with Crippen LogP contribution in [0.3, 0.4) is 0 Å². The van der Waals surface area contributed by atoms with Gasteiger partial charge in [-0.3, -0.25) is 0 Å². The summed E-state index contributed by atoms with van der Waals surface area (Å²) in [6.07, 6.45) is 6.57. The number of nitrogens with zero attached hydrogens (tertiary/aromatic N) is 1. The van der Waals surface area contributed by atoms with Crippen molar-refractivity contribution in [2.24, 2.45) is 10.7 Å². The first-order chi connectivity index (χ1) is 5.20. The number of nitrogens with two attached hydrogens (primary N) is 1. The minimum atomic E-state index is 0.390. The molecule has 0 atom stereocenters. The summed E-state index contributed by atoms with van der Waals surface area (Å²) in [5, 5.41) is 0.390. The molecule has 0 spiro atoms. The summed E-state index contributed by atoms with van der Waals surface area (Å²) in [5.74, 6) is 0. The highest BCUT2D eigenvalue weighted by Crippen LogP contribution is 2.09. The van der Waals surface area contributed by atoms with Crippen molar-refractivity contribution in [1.82, 2.24) is 0 Å². The number of hydrogen-bond acceptors (Lipinski definition) is 3. The smallest absolute Gasteiger partial charge is 0.130 e. The molecule has 0 aromatic carbocycles. The van der Waals surface area contributed by atoms with Crippen molar-refractivity contribution in [1.29, 1.82) is 0 Å². The lowest BCUT2D eigenvalue weighted by Gasteiger charge is -1.89. The topological polar surface area (TPSA) is 38.4 Å². The van der Waals surface area contributed by atoms with Crippen LogP contribution >= 0.6 is 23.4 Å². The second-order valence-corrected chi connectivity index (χ2v) is 3.19. The van der Waals surface area contributed by atoms with Gasteiger partial charge in [0.1, 0.15) is 5.17 Å². The average molecular weight is 191 g/mol. The number of allylic oxidation sites excluding steroid dienone is 2. The molecule has 0 aromatic heterocycles. The Morgan fingerprint density at radius 2 is 2.27 bits per heavy atom. The molecule has 0 rings (SSSR count). The summed E-state index contributed by atoms with van der Waals surface area (Å²) in [6, 6.07) is 0. The molecule has 4 heteroatoms. The van der Waals surface area contributed by atoms with Crippen LogP contribution in [0.5, 0.6) is 0 Å². The van der Waals surface area contributed by atoms with E-state index in [2.05, 4.69) is 4.99 Å². The van der Waals surface area contributed by atoms with Crippen molar-refractivity contribution >= 4 is 28.5 Å². The Balaban J connectivity index is 4.10.